The molecule has 1 unspecified atom stereocenters. The van der Waals surface area contributed by atoms with Crippen LogP contribution in [0, 0.1) is 0 Å². The van der Waals surface area contributed by atoms with Crippen molar-refractivity contribution in [3.05, 3.63) is 12.3 Å². The fourth-order valence-corrected chi connectivity index (χ4v) is 3.04. The molecule has 0 spiro atoms. The van der Waals surface area contributed by atoms with Crippen molar-refractivity contribution in [1.29, 1.82) is 0 Å². The van der Waals surface area contributed by atoms with Gasteiger partial charge < -0.3 is 9.84 Å². The van der Waals surface area contributed by atoms with Crippen LogP contribution >= 0.6 is 0 Å². The first-order valence-electron chi connectivity index (χ1n) is 4.85. The van der Waals surface area contributed by atoms with Crippen molar-refractivity contribution in [3.63, 3.8) is 0 Å². The molecule has 1 aromatic heterocycles. The maximum atomic E-state index is 12.1. The number of rotatable bonds is 3. The Morgan fingerprint density at radius 2 is 2.41 bits per heavy atom. The fourth-order valence-electron chi connectivity index (χ4n) is 1.58. The number of carbonyl (C=O) groups is 1. The Kier molecular flexibility index (Phi) is 3.13. The van der Waals surface area contributed by atoms with Crippen LogP contribution in [0.15, 0.2) is 17.3 Å². The van der Waals surface area contributed by atoms with Crippen LogP contribution in [0.1, 0.15) is 0 Å². The molecule has 8 nitrogen and oxygen atoms in total. The first-order chi connectivity index (χ1) is 8.03. The number of aromatic nitrogens is 2. The summed E-state index contributed by atoms with van der Waals surface area (Å²) in [6.07, 6.45) is 1.29. The third-order valence-corrected chi connectivity index (χ3v) is 4.26. The normalized spacial score (nSPS) is 22.5. The smallest absolute Gasteiger partial charge is 0.324 e. The molecule has 1 aliphatic heterocycles. The van der Waals surface area contributed by atoms with Crippen molar-refractivity contribution in [1.82, 2.24) is 14.5 Å². The average molecular weight is 261 g/mol. The molecular formula is C8H11N3O5S. The maximum absolute atomic E-state index is 12.1. The maximum Gasteiger partial charge on any atom is 0.324 e. The number of sulfonamides is 1. The van der Waals surface area contributed by atoms with Crippen LogP contribution in [0.2, 0.25) is 0 Å². The molecule has 94 valence electrons. The van der Waals surface area contributed by atoms with Gasteiger partial charge in [-0.05, 0) is 6.07 Å². The van der Waals surface area contributed by atoms with E-state index in [1.165, 1.54) is 12.3 Å². The van der Waals surface area contributed by atoms with E-state index < -0.39 is 22.0 Å². The predicted molar refractivity (Wildman–Crippen MR) is 54.7 cm³/mol. The lowest BCUT2D eigenvalue weighted by molar-refractivity contribution is -0.146. The minimum atomic E-state index is -3.86. The number of aromatic amines is 1. The molecule has 0 radical (unpaired) electrons. The molecule has 0 aliphatic carbocycles. The third kappa shape index (κ3) is 2.16. The number of carboxylic acid groups (broad SMARTS) is 1. The molecule has 0 saturated carbocycles. The molecule has 1 aromatic rings. The fraction of sp³-hybridized carbons (Fsp3) is 0.500. The van der Waals surface area contributed by atoms with E-state index in [1.54, 1.807) is 0 Å². The van der Waals surface area contributed by atoms with Crippen molar-refractivity contribution in [2.45, 2.75) is 11.1 Å². The summed E-state index contributed by atoms with van der Waals surface area (Å²) in [7, 11) is -3.86. The standard InChI is InChI=1S/C8H11N3O5S/c12-8(13)6-5-16-4-3-11(6)17(14,15)7-1-2-9-10-7/h1-2,6H,3-5H2,(H,9,10)(H,12,13). The topological polar surface area (TPSA) is 113 Å². The molecule has 1 fully saturated rings. The summed E-state index contributed by atoms with van der Waals surface area (Å²) in [5.41, 5.74) is 0. The molecule has 0 bridgehead atoms. The van der Waals surface area contributed by atoms with Gasteiger partial charge in [-0.3, -0.25) is 9.89 Å². The first kappa shape index (κ1) is 12.0. The first-order valence-corrected chi connectivity index (χ1v) is 6.29. The van der Waals surface area contributed by atoms with Gasteiger partial charge in [0.15, 0.2) is 5.03 Å². The Morgan fingerprint density at radius 3 is 3.00 bits per heavy atom. The molecule has 2 rings (SSSR count). The van der Waals surface area contributed by atoms with Gasteiger partial charge in [0, 0.05) is 6.54 Å². The summed E-state index contributed by atoms with van der Waals surface area (Å²) in [5, 5.41) is 14.7. The van der Waals surface area contributed by atoms with E-state index in [0.29, 0.717) is 0 Å². The molecule has 1 aliphatic rings. The molecule has 2 heterocycles. The average Bonchev–Trinajstić information content (AvgIpc) is 2.83. The lowest BCUT2D eigenvalue weighted by Crippen LogP contribution is -2.52. The van der Waals surface area contributed by atoms with Crippen LogP contribution in [0.25, 0.3) is 0 Å². The summed E-state index contributed by atoms with van der Waals surface area (Å²) in [5.74, 6) is -1.23. The number of hydrogen-bond acceptors (Lipinski definition) is 5. The predicted octanol–water partition coefficient (Wildman–Crippen LogP) is -1.12. The molecule has 1 saturated heterocycles. The highest BCUT2D eigenvalue weighted by Crippen LogP contribution is 2.18. The molecule has 17 heavy (non-hydrogen) atoms. The number of nitrogens with one attached hydrogen (secondary N) is 1. The lowest BCUT2D eigenvalue weighted by Gasteiger charge is -2.31. The minimum Gasteiger partial charge on any atom is -0.480 e. The van der Waals surface area contributed by atoms with E-state index in [0.717, 1.165) is 4.31 Å². The van der Waals surface area contributed by atoms with Gasteiger partial charge in [0.25, 0.3) is 10.0 Å². The molecular weight excluding hydrogens is 250 g/mol. The third-order valence-electron chi connectivity index (χ3n) is 2.43. The van der Waals surface area contributed by atoms with E-state index in [2.05, 4.69) is 10.2 Å². The van der Waals surface area contributed by atoms with Crippen LogP contribution < -0.4 is 0 Å². The molecule has 9 heteroatoms. The van der Waals surface area contributed by atoms with Gasteiger partial charge in [-0.2, -0.15) is 9.40 Å². The molecule has 1 atom stereocenters. The minimum absolute atomic E-state index is 0.0122. The molecule has 0 amide bonds. The van der Waals surface area contributed by atoms with Crippen LogP contribution in [0.5, 0.6) is 0 Å². The summed E-state index contributed by atoms with van der Waals surface area (Å²) in [6, 6.07) is 0.0843. The van der Waals surface area contributed by atoms with Gasteiger partial charge in [0.2, 0.25) is 0 Å². The zero-order chi connectivity index (χ0) is 12.5. The Morgan fingerprint density at radius 1 is 1.65 bits per heavy atom. The highest BCUT2D eigenvalue weighted by atomic mass is 32.2. The summed E-state index contributed by atoms with van der Waals surface area (Å²) in [6.45, 7) is 0.0398. The Bertz CT molecular complexity index is 497. The number of ether oxygens (including phenoxy) is 1. The summed E-state index contributed by atoms with van der Waals surface area (Å²) >= 11 is 0. The monoisotopic (exact) mass is 261 g/mol. The van der Waals surface area contributed by atoms with Gasteiger partial charge >= 0.3 is 5.97 Å². The van der Waals surface area contributed by atoms with Crippen molar-refractivity contribution < 1.29 is 23.1 Å². The highest BCUT2D eigenvalue weighted by molar-refractivity contribution is 7.89. The van der Waals surface area contributed by atoms with E-state index in [-0.39, 0.29) is 24.8 Å². The molecule has 0 aromatic carbocycles. The number of carboxylic acids is 1. The highest BCUT2D eigenvalue weighted by Gasteiger charge is 2.38. The van der Waals surface area contributed by atoms with Crippen molar-refractivity contribution in [3.8, 4) is 0 Å². The van der Waals surface area contributed by atoms with Gasteiger partial charge in [-0.15, -0.1) is 0 Å². The van der Waals surface area contributed by atoms with E-state index >= 15 is 0 Å². The summed E-state index contributed by atoms with van der Waals surface area (Å²) in [4.78, 5) is 11.0. The second-order valence-corrected chi connectivity index (χ2v) is 5.32. The Hall–Kier alpha value is -1.45. The van der Waals surface area contributed by atoms with Crippen molar-refractivity contribution >= 4 is 16.0 Å². The van der Waals surface area contributed by atoms with E-state index in [9.17, 15) is 13.2 Å². The van der Waals surface area contributed by atoms with Crippen LogP contribution in [0.4, 0.5) is 0 Å². The molecule has 2 N–H and O–H groups in total. The SMILES string of the molecule is O=C(O)C1COCCN1S(=O)(=O)c1ccn[nH]1. The van der Waals surface area contributed by atoms with E-state index in [1.807, 2.05) is 0 Å². The number of aliphatic carboxylic acids is 1. The lowest BCUT2D eigenvalue weighted by atomic mass is 10.3. The zero-order valence-corrected chi connectivity index (χ0v) is 9.55. The number of hydrogen-bond donors (Lipinski definition) is 2. The second kappa shape index (κ2) is 4.43. The number of nitrogens with zero attached hydrogens (tertiary/aromatic N) is 2. The second-order valence-electron chi connectivity index (χ2n) is 3.47. The van der Waals surface area contributed by atoms with Crippen LogP contribution in [0.3, 0.4) is 0 Å². The van der Waals surface area contributed by atoms with Crippen molar-refractivity contribution in [2.75, 3.05) is 19.8 Å². The quantitative estimate of drug-likeness (QED) is 0.713. The number of morpholine rings is 1. The zero-order valence-electron chi connectivity index (χ0n) is 8.74. The number of H-pyrrole nitrogens is 1. The van der Waals surface area contributed by atoms with Crippen molar-refractivity contribution in [2.24, 2.45) is 0 Å². The van der Waals surface area contributed by atoms with Crippen LogP contribution in [-0.2, 0) is 19.6 Å². The van der Waals surface area contributed by atoms with Crippen LogP contribution in [-0.4, -0.2) is 59.8 Å². The largest absolute Gasteiger partial charge is 0.480 e. The van der Waals surface area contributed by atoms with Gasteiger partial charge in [-0.25, -0.2) is 8.42 Å². The van der Waals surface area contributed by atoms with E-state index in [4.69, 9.17) is 9.84 Å². The van der Waals surface area contributed by atoms with Gasteiger partial charge in [0.1, 0.15) is 6.04 Å². The summed E-state index contributed by atoms with van der Waals surface area (Å²) < 4.78 is 30.1. The Balaban J connectivity index is 2.34. The van der Waals surface area contributed by atoms with Gasteiger partial charge in [0.05, 0.1) is 19.4 Å². The Labute approximate surface area is 97.2 Å². The van der Waals surface area contributed by atoms with Gasteiger partial charge in [-0.1, -0.05) is 0 Å².